The van der Waals surface area contributed by atoms with E-state index in [0.29, 0.717) is 6.42 Å². The number of aliphatic hydroxyl groups is 1. The van der Waals surface area contributed by atoms with Gasteiger partial charge >= 0.3 is 11.9 Å². The zero-order chi connectivity index (χ0) is 15.0. The number of esters is 2. The summed E-state index contributed by atoms with van der Waals surface area (Å²) in [5, 5.41) is 9.60. The van der Waals surface area contributed by atoms with Crippen molar-refractivity contribution in [2.45, 2.75) is 64.9 Å². The highest BCUT2D eigenvalue weighted by Crippen LogP contribution is 2.26. The molecule has 1 aliphatic rings. The van der Waals surface area contributed by atoms with E-state index in [1.54, 1.807) is 6.92 Å². The number of aliphatic hydroxyl groups excluding tert-OH is 1. The van der Waals surface area contributed by atoms with E-state index < -0.39 is 23.8 Å². The van der Waals surface area contributed by atoms with Gasteiger partial charge < -0.3 is 14.6 Å². The van der Waals surface area contributed by atoms with Gasteiger partial charge in [0.25, 0.3) is 0 Å². The van der Waals surface area contributed by atoms with Gasteiger partial charge in [-0.25, -0.2) is 9.59 Å². The lowest BCUT2D eigenvalue weighted by atomic mass is 10.0. The van der Waals surface area contributed by atoms with Crippen LogP contribution in [0.4, 0.5) is 0 Å². The third-order valence-corrected chi connectivity index (χ3v) is 3.33. The lowest BCUT2D eigenvalue weighted by molar-refractivity contribution is -0.143. The van der Waals surface area contributed by atoms with Crippen molar-refractivity contribution in [1.82, 2.24) is 0 Å². The van der Waals surface area contributed by atoms with Crippen molar-refractivity contribution >= 4 is 11.9 Å². The molecule has 0 amide bonds. The van der Waals surface area contributed by atoms with Gasteiger partial charge in [-0.05, 0) is 19.8 Å². The van der Waals surface area contributed by atoms with Gasteiger partial charge in [0, 0.05) is 0 Å². The normalized spacial score (nSPS) is 18.3. The van der Waals surface area contributed by atoms with Crippen molar-refractivity contribution in [1.29, 1.82) is 0 Å². The molecular weight excluding hydrogens is 260 g/mol. The molecule has 5 heteroatoms. The quantitative estimate of drug-likeness (QED) is 0.520. The molecule has 0 aromatic carbocycles. The third-order valence-electron chi connectivity index (χ3n) is 3.33. The van der Waals surface area contributed by atoms with E-state index in [1.807, 2.05) is 0 Å². The lowest BCUT2D eigenvalue weighted by Gasteiger charge is -2.12. The highest BCUT2D eigenvalue weighted by atomic mass is 16.6. The van der Waals surface area contributed by atoms with Crippen LogP contribution in [-0.2, 0) is 19.1 Å². The van der Waals surface area contributed by atoms with E-state index in [4.69, 9.17) is 9.47 Å². The average molecular weight is 284 g/mol. The number of hydrogen-bond acceptors (Lipinski definition) is 5. The first-order valence-corrected chi connectivity index (χ1v) is 7.43. The first-order valence-electron chi connectivity index (χ1n) is 7.43. The Morgan fingerprint density at radius 2 is 1.85 bits per heavy atom. The molecule has 1 aliphatic heterocycles. The molecule has 1 heterocycles. The largest absolute Gasteiger partial charge is 0.501 e. The summed E-state index contributed by atoms with van der Waals surface area (Å²) in [6, 6.07) is 0. The summed E-state index contributed by atoms with van der Waals surface area (Å²) in [5.74, 6) is -2.09. The fourth-order valence-corrected chi connectivity index (χ4v) is 2.26. The predicted molar refractivity (Wildman–Crippen MR) is 74.2 cm³/mol. The molecule has 114 valence electrons. The lowest BCUT2D eigenvalue weighted by Crippen LogP contribution is -2.19. The average Bonchev–Trinajstić information content (AvgIpc) is 2.69. The molecule has 1 atom stereocenters. The maximum atomic E-state index is 11.7. The van der Waals surface area contributed by atoms with Crippen LogP contribution >= 0.6 is 0 Å². The molecular formula is C15H24O5. The minimum Gasteiger partial charge on any atom is -0.501 e. The first-order chi connectivity index (χ1) is 9.61. The minimum absolute atomic E-state index is 0.0228. The standard InChI is InChI=1S/C15H24O5/c1-3-5-6-7-8-9-10-11-12(14(17)19-4-2)13(16)15(18)20-11/h11,16H,3-10H2,1-2H3. The van der Waals surface area contributed by atoms with Crippen LogP contribution in [0.5, 0.6) is 0 Å². The zero-order valence-electron chi connectivity index (χ0n) is 12.3. The van der Waals surface area contributed by atoms with Gasteiger partial charge in [-0.3, -0.25) is 0 Å². The second-order valence-electron chi connectivity index (χ2n) is 4.93. The van der Waals surface area contributed by atoms with Crippen molar-refractivity contribution in [3.63, 3.8) is 0 Å². The topological polar surface area (TPSA) is 72.8 Å². The third kappa shape index (κ3) is 4.54. The second kappa shape index (κ2) is 8.61. The Morgan fingerprint density at radius 1 is 1.20 bits per heavy atom. The molecule has 5 nitrogen and oxygen atoms in total. The summed E-state index contributed by atoms with van der Waals surface area (Å²) < 4.78 is 9.86. The molecule has 0 fully saturated rings. The minimum atomic E-state index is -0.830. The number of carbonyl (C=O) groups excluding carboxylic acids is 2. The van der Waals surface area contributed by atoms with Gasteiger partial charge in [-0.1, -0.05) is 39.0 Å². The summed E-state index contributed by atoms with van der Waals surface area (Å²) in [6.07, 6.45) is 6.55. The summed E-state index contributed by atoms with van der Waals surface area (Å²) in [6.45, 7) is 4.04. The molecule has 1 N–H and O–H groups in total. The Hall–Kier alpha value is -1.52. The molecule has 0 aliphatic carbocycles. The van der Waals surface area contributed by atoms with Crippen molar-refractivity contribution in [3.8, 4) is 0 Å². The molecule has 20 heavy (non-hydrogen) atoms. The molecule has 0 spiro atoms. The molecule has 0 aromatic rings. The maximum absolute atomic E-state index is 11.7. The number of carbonyl (C=O) groups is 2. The van der Waals surface area contributed by atoms with E-state index in [-0.39, 0.29) is 12.2 Å². The van der Waals surface area contributed by atoms with Crippen molar-refractivity contribution in [2.75, 3.05) is 6.61 Å². The van der Waals surface area contributed by atoms with Crippen LogP contribution in [-0.4, -0.2) is 29.8 Å². The number of unbranched alkanes of at least 4 members (excludes halogenated alkanes) is 5. The van der Waals surface area contributed by atoms with Gasteiger partial charge in [-0.15, -0.1) is 0 Å². The molecule has 1 rings (SSSR count). The van der Waals surface area contributed by atoms with Crippen molar-refractivity contribution in [2.24, 2.45) is 0 Å². The Morgan fingerprint density at radius 3 is 2.50 bits per heavy atom. The number of hydrogen-bond donors (Lipinski definition) is 1. The van der Waals surface area contributed by atoms with Gasteiger partial charge in [0.05, 0.1) is 6.61 Å². The van der Waals surface area contributed by atoms with E-state index in [0.717, 1.165) is 19.3 Å². The van der Waals surface area contributed by atoms with E-state index in [9.17, 15) is 14.7 Å². The van der Waals surface area contributed by atoms with Gasteiger partial charge in [0.2, 0.25) is 5.76 Å². The van der Waals surface area contributed by atoms with Crippen LogP contribution < -0.4 is 0 Å². The fourth-order valence-electron chi connectivity index (χ4n) is 2.26. The summed E-state index contributed by atoms with van der Waals surface area (Å²) in [7, 11) is 0. The highest BCUT2D eigenvalue weighted by molar-refractivity contribution is 6.02. The second-order valence-corrected chi connectivity index (χ2v) is 4.93. The van der Waals surface area contributed by atoms with Crippen LogP contribution in [0.15, 0.2) is 11.3 Å². The Kier molecular flexibility index (Phi) is 7.12. The molecule has 0 saturated heterocycles. The summed E-state index contributed by atoms with van der Waals surface area (Å²) >= 11 is 0. The van der Waals surface area contributed by atoms with Crippen LogP contribution in [0.2, 0.25) is 0 Å². The highest BCUT2D eigenvalue weighted by Gasteiger charge is 2.38. The number of ether oxygens (including phenoxy) is 2. The Labute approximate surface area is 119 Å². The summed E-state index contributed by atoms with van der Waals surface area (Å²) in [5.41, 5.74) is -0.0228. The van der Waals surface area contributed by atoms with Crippen molar-refractivity contribution < 1.29 is 24.2 Å². The smallest absolute Gasteiger partial charge is 0.374 e. The fraction of sp³-hybridized carbons (Fsp3) is 0.733. The van der Waals surface area contributed by atoms with Crippen LogP contribution in [0.25, 0.3) is 0 Å². The predicted octanol–water partition coefficient (Wildman–Crippen LogP) is 3.04. The molecule has 0 aromatic heterocycles. The van der Waals surface area contributed by atoms with Crippen molar-refractivity contribution in [3.05, 3.63) is 11.3 Å². The SMILES string of the molecule is CCCCCCCCC1OC(=O)C(O)=C1C(=O)OCC. The van der Waals surface area contributed by atoms with E-state index in [2.05, 4.69) is 6.92 Å². The molecule has 1 unspecified atom stereocenters. The van der Waals surface area contributed by atoms with Gasteiger partial charge in [-0.2, -0.15) is 0 Å². The Bertz CT molecular complexity index is 372. The van der Waals surface area contributed by atoms with Crippen LogP contribution in [0.3, 0.4) is 0 Å². The molecule has 0 saturated carbocycles. The Balaban J connectivity index is 2.44. The van der Waals surface area contributed by atoms with E-state index >= 15 is 0 Å². The number of rotatable bonds is 9. The monoisotopic (exact) mass is 284 g/mol. The maximum Gasteiger partial charge on any atom is 0.374 e. The first kappa shape index (κ1) is 16.5. The molecule has 0 bridgehead atoms. The zero-order valence-corrected chi connectivity index (χ0v) is 12.3. The number of cyclic esters (lactones) is 1. The summed E-state index contributed by atoms with van der Waals surface area (Å²) in [4.78, 5) is 23.1. The van der Waals surface area contributed by atoms with Gasteiger partial charge in [0.1, 0.15) is 11.7 Å². The molecule has 0 radical (unpaired) electrons. The van der Waals surface area contributed by atoms with Crippen LogP contribution in [0.1, 0.15) is 58.8 Å². The van der Waals surface area contributed by atoms with E-state index in [1.165, 1.54) is 19.3 Å². The van der Waals surface area contributed by atoms with Crippen LogP contribution in [0, 0.1) is 0 Å². The van der Waals surface area contributed by atoms with Gasteiger partial charge in [0.15, 0.2) is 0 Å².